The molecule has 1 atom stereocenters. The van der Waals surface area contributed by atoms with Gasteiger partial charge in [-0.25, -0.2) is 4.79 Å². The van der Waals surface area contributed by atoms with Gasteiger partial charge in [0.1, 0.15) is 5.60 Å². The Bertz CT molecular complexity index is 502. The van der Waals surface area contributed by atoms with Gasteiger partial charge >= 0.3 is 6.09 Å². The highest BCUT2D eigenvalue weighted by Gasteiger charge is 2.31. The summed E-state index contributed by atoms with van der Waals surface area (Å²) in [7, 11) is 0. The molecule has 1 amide bonds. The molecule has 0 radical (unpaired) electrons. The highest BCUT2D eigenvalue weighted by Crippen LogP contribution is 2.39. The lowest BCUT2D eigenvalue weighted by Crippen LogP contribution is -2.40. The predicted molar refractivity (Wildman–Crippen MR) is 78.5 cm³/mol. The molecule has 0 spiro atoms. The van der Waals surface area contributed by atoms with Crippen LogP contribution in [-0.4, -0.2) is 23.1 Å². The number of carbonyl (C=O) groups excluding carboxylic acids is 1. The van der Waals surface area contributed by atoms with Crippen LogP contribution >= 0.6 is 11.3 Å². The largest absolute Gasteiger partial charge is 0.444 e. The molecule has 0 bridgehead atoms. The van der Waals surface area contributed by atoms with Crippen molar-refractivity contribution in [2.45, 2.75) is 52.7 Å². The molecule has 0 aromatic carbocycles. The SMILES string of the molecule is Cc1c(N)sc2c1C(C)CN(C(=O)OC(C)(C)C)C2. The van der Waals surface area contributed by atoms with Gasteiger partial charge in [-0.2, -0.15) is 0 Å². The number of ether oxygens (including phenoxy) is 1. The summed E-state index contributed by atoms with van der Waals surface area (Å²) in [6, 6.07) is 0. The molecule has 4 nitrogen and oxygen atoms in total. The van der Waals surface area contributed by atoms with Gasteiger partial charge in [0.05, 0.1) is 11.5 Å². The van der Waals surface area contributed by atoms with E-state index in [2.05, 4.69) is 13.8 Å². The van der Waals surface area contributed by atoms with Crippen LogP contribution in [0.15, 0.2) is 0 Å². The third-order valence-electron chi connectivity index (χ3n) is 3.28. The van der Waals surface area contributed by atoms with Crippen LogP contribution in [0.5, 0.6) is 0 Å². The van der Waals surface area contributed by atoms with Crippen LogP contribution in [0, 0.1) is 6.92 Å². The number of nitrogen functional groups attached to an aromatic ring is 1. The van der Waals surface area contributed by atoms with E-state index in [4.69, 9.17) is 10.5 Å². The lowest BCUT2D eigenvalue weighted by atomic mass is 9.94. The molecule has 1 unspecified atom stereocenters. The van der Waals surface area contributed by atoms with Crippen molar-refractivity contribution in [1.82, 2.24) is 4.90 Å². The number of nitrogens with two attached hydrogens (primary N) is 1. The van der Waals surface area contributed by atoms with Crippen molar-refractivity contribution < 1.29 is 9.53 Å². The molecule has 2 rings (SSSR count). The summed E-state index contributed by atoms with van der Waals surface area (Å²) in [5, 5.41) is 0.864. The normalized spacial score (nSPS) is 19.2. The zero-order valence-corrected chi connectivity index (χ0v) is 13.1. The first-order valence-electron chi connectivity index (χ1n) is 6.54. The van der Waals surface area contributed by atoms with Gasteiger partial charge in [0.25, 0.3) is 0 Å². The molecule has 106 valence electrons. The molecule has 1 aliphatic heterocycles. The van der Waals surface area contributed by atoms with E-state index in [0.29, 0.717) is 19.0 Å². The number of hydrogen-bond donors (Lipinski definition) is 1. The van der Waals surface area contributed by atoms with Gasteiger partial charge in [0.15, 0.2) is 0 Å². The number of nitrogens with zero attached hydrogens (tertiary/aromatic N) is 1. The Morgan fingerprint density at radius 2 is 2.11 bits per heavy atom. The molecule has 0 saturated carbocycles. The summed E-state index contributed by atoms with van der Waals surface area (Å²) in [5.74, 6) is 0.310. The zero-order valence-electron chi connectivity index (χ0n) is 12.2. The van der Waals surface area contributed by atoms with E-state index < -0.39 is 5.60 Å². The summed E-state index contributed by atoms with van der Waals surface area (Å²) in [5.41, 5.74) is 8.04. The summed E-state index contributed by atoms with van der Waals surface area (Å²) in [6.07, 6.45) is -0.241. The maximum Gasteiger partial charge on any atom is 0.410 e. The second-order valence-electron chi connectivity index (χ2n) is 6.19. The molecule has 1 aromatic rings. The Morgan fingerprint density at radius 3 is 2.68 bits per heavy atom. The fourth-order valence-corrected chi connectivity index (χ4v) is 3.71. The van der Waals surface area contributed by atoms with E-state index in [-0.39, 0.29) is 6.09 Å². The van der Waals surface area contributed by atoms with E-state index in [1.165, 1.54) is 16.0 Å². The van der Waals surface area contributed by atoms with Crippen molar-refractivity contribution in [3.05, 3.63) is 16.0 Å². The number of anilines is 1. The number of amides is 1. The molecule has 0 fully saturated rings. The molecular weight excluding hydrogens is 260 g/mol. The average molecular weight is 282 g/mol. The fourth-order valence-electron chi connectivity index (χ4n) is 2.49. The number of rotatable bonds is 0. The number of hydrogen-bond acceptors (Lipinski definition) is 4. The Morgan fingerprint density at radius 1 is 1.47 bits per heavy atom. The number of thiophene rings is 1. The Labute approximate surface area is 118 Å². The van der Waals surface area contributed by atoms with Crippen molar-refractivity contribution >= 4 is 22.4 Å². The molecule has 0 aliphatic carbocycles. The van der Waals surface area contributed by atoms with Gasteiger partial charge in [0.2, 0.25) is 0 Å². The zero-order chi connectivity index (χ0) is 14.4. The summed E-state index contributed by atoms with van der Waals surface area (Å²) in [6.45, 7) is 11.2. The number of fused-ring (bicyclic) bond motifs is 1. The topological polar surface area (TPSA) is 55.6 Å². The van der Waals surface area contributed by atoms with Crippen molar-refractivity contribution in [2.24, 2.45) is 0 Å². The highest BCUT2D eigenvalue weighted by atomic mass is 32.1. The minimum atomic E-state index is -0.453. The van der Waals surface area contributed by atoms with Crippen LogP contribution in [0.2, 0.25) is 0 Å². The second-order valence-corrected chi connectivity index (χ2v) is 7.33. The molecule has 5 heteroatoms. The minimum Gasteiger partial charge on any atom is -0.444 e. The first kappa shape index (κ1) is 14.2. The first-order valence-corrected chi connectivity index (χ1v) is 7.36. The number of carbonyl (C=O) groups is 1. The fraction of sp³-hybridized carbons (Fsp3) is 0.643. The Balaban J connectivity index is 2.19. The van der Waals surface area contributed by atoms with Gasteiger partial charge in [-0.05, 0) is 38.8 Å². The van der Waals surface area contributed by atoms with Gasteiger partial charge in [0, 0.05) is 17.3 Å². The molecule has 2 N–H and O–H groups in total. The monoisotopic (exact) mass is 282 g/mol. The van der Waals surface area contributed by atoms with E-state index in [9.17, 15) is 4.79 Å². The minimum absolute atomic E-state index is 0.241. The Kier molecular flexibility index (Phi) is 3.51. The summed E-state index contributed by atoms with van der Waals surface area (Å²) < 4.78 is 5.44. The first-order chi connectivity index (χ1) is 8.69. The van der Waals surface area contributed by atoms with Crippen LogP contribution < -0.4 is 5.73 Å². The molecule has 19 heavy (non-hydrogen) atoms. The standard InChI is InChI=1S/C14H22N2O2S/c1-8-6-16(13(17)18-14(3,4)5)7-10-11(8)9(2)12(15)19-10/h8H,6-7,15H2,1-5H3. The van der Waals surface area contributed by atoms with E-state index >= 15 is 0 Å². The molecular formula is C14H22N2O2S. The van der Waals surface area contributed by atoms with Crippen LogP contribution in [0.4, 0.5) is 9.80 Å². The van der Waals surface area contributed by atoms with E-state index in [1.807, 2.05) is 20.8 Å². The lowest BCUT2D eigenvalue weighted by molar-refractivity contribution is 0.0211. The molecule has 1 aromatic heterocycles. The van der Waals surface area contributed by atoms with Gasteiger partial charge in [-0.1, -0.05) is 6.92 Å². The van der Waals surface area contributed by atoms with Crippen LogP contribution in [0.25, 0.3) is 0 Å². The second kappa shape index (κ2) is 4.71. The smallest absolute Gasteiger partial charge is 0.410 e. The van der Waals surface area contributed by atoms with Gasteiger partial charge in [-0.15, -0.1) is 11.3 Å². The quantitative estimate of drug-likeness (QED) is 0.792. The predicted octanol–water partition coefficient (Wildman–Crippen LogP) is 3.49. The van der Waals surface area contributed by atoms with Crippen molar-refractivity contribution in [2.75, 3.05) is 12.3 Å². The van der Waals surface area contributed by atoms with Crippen molar-refractivity contribution in [3.8, 4) is 0 Å². The molecule has 2 heterocycles. The summed E-state index contributed by atoms with van der Waals surface area (Å²) >= 11 is 1.59. The van der Waals surface area contributed by atoms with Crippen molar-refractivity contribution in [3.63, 3.8) is 0 Å². The van der Waals surface area contributed by atoms with E-state index in [0.717, 1.165) is 5.00 Å². The maximum absolute atomic E-state index is 12.1. The van der Waals surface area contributed by atoms with Gasteiger partial charge < -0.3 is 15.4 Å². The average Bonchev–Trinajstić information content (AvgIpc) is 2.52. The molecule has 0 saturated heterocycles. The maximum atomic E-state index is 12.1. The highest BCUT2D eigenvalue weighted by molar-refractivity contribution is 7.16. The summed E-state index contributed by atoms with van der Waals surface area (Å²) in [4.78, 5) is 15.1. The van der Waals surface area contributed by atoms with Crippen LogP contribution in [0.3, 0.4) is 0 Å². The third kappa shape index (κ3) is 2.86. The molecule has 1 aliphatic rings. The van der Waals surface area contributed by atoms with Crippen LogP contribution in [-0.2, 0) is 11.3 Å². The van der Waals surface area contributed by atoms with Crippen LogP contribution in [0.1, 0.15) is 49.6 Å². The Hall–Kier alpha value is -1.23. The lowest BCUT2D eigenvalue weighted by Gasteiger charge is -2.33. The van der Waals surface area contributed by atoms with Crippen molar-refractivity contribution in [1.29, 1.82) is 0 Å². The van der Waals surface area contributed by atoms with Gasteiger partial charge in [-0.3, -0.25) is 0 Å². The van der Waals surface area contributed by atoms with E-state index in [1.54, 1.807) is 16.2 Å². The third-order valence-corrected chi connectivity index (χ3v) is 4.40.